The van der Waals surface area contributed by atoms with Crippen molar-refractivity contribution < 1.29 is 13.6 Å². The molecule has 0 saturated carbocycles. The number of carbonyl (C=O) groups is 1. The zero-order valence-corrected chi connectivity index (χ0v) is 10.3. The predicted molar refractivity (Wildman–Crippen MR) is 65.5 cm³/mol. The fraction of sp³-hybridized carbons (Fsp3) is 0.417. The van der Waals surface area contributed by atoms with Crippen molar-refractivity contribution in [2.24, 2.45) is 17.6 Å². The molecule has 0 saturated heterocycles. The Labute approximate surface area is 102 Å². The molecule has 5 heteroatoms. The van der Waals surface area contributed by atoms with Crippen molar-refractivity contribution in [2.75, 3.05) is 0 Å². The number of primary amides is 1. The Kier molecular flexibility index (Phi) is 3.31. The highest BCUT2D eigenvalue weighted by Gasteiger charge is 2.39. The maximum atomic E-state index is 11.5. The van der Waals surface area contributed by atoms with Crippen LogP contribution in [0.2, 0.25) is 0 Å². The highest BCUT2D eigenvalue weighted by Crippen LogP contribution is 2.40. The summed E-state index contributed by atoms with van der Waals surface area (Å²) in [6, 6.07) is 7.44. The number of hydrogen-bond donors (Lipinski definition) is 2. The molecule has 0 bridgehead atoms. The third-order valence-corrected chi connectivity index (χ3v) is 4.61. The molecule has 4 atom stereocenters. The molecule has 3 N–H and O–H groups in total. The Morgan fingerprint density at radius 1 is 1.47 bits per heavy atom. The standard InChI is InChI=1S/C12H15NO3S/c1-7-10(12(13)14)6-8-4-2-3-5-9(8)11(7)17(15)16/h2-5,7,10-11H,6H2,1H3,(H2,13,14)(H,15,16). The molecule has 0 heterocycles. The van der Waals surface area contributed by atoms with Gasteiger partial charge >= 0.3 is 0 Å². The number of rotatable bonds is 2. The molecule has 92 valence electrons. The topological polar surface area (TPSA) is 80.4 Å². The van der Waals surface area contributed by atoms with E-state index in [2.05, 4.69) is 0 Å². The molecule has 4 unspecified atom stereocenters. The van der Waals surface area contributed by atoms with E-state index in [1.807, 2.05) is 31.2 Å². The summed E-state index contributed by atoms with van der Waals surface area (Å²) >= 11 is -1.99. The van der Waals surface area contributed by atoms with E-state index in [1.54, 1.807) is 0 Å². The Balaban J connectivity index is 2.50. The van der Waals surface area contributed by atoms with Gasteiger partial charge in [-0.05, 0) is 23.5 Å². The van der Waals surface area contributed by atoms with Crippen molar-refractivity contribution in [2.45, 2.75) is 18.6 Å². The summed E-state index contributed by atoms with van der Waals surface area (Å²) in [6.45, 7) is 1.81. The molecule has 1 aromatic rings. The zero-order valence-electron chi connectivity index (χ0n) is 9.50. The van der Waals surface area contributed by atoms with E-state index in [0.717, 1.165) is 11.1 Å². The minimum absolute atomic E-state index is 0.215. The molecule has 0 aliphatic heterocycles. The van der Waals surface area contributed by atoms with Crippen LogP contribution in [0, 0.1) is 11.8 Å². The molecular weight excluding hydrogens is 238 g/mol. The van der Waals surface area contributed by atoms with Crippen LogP contribution in [0.15, 0.2) is 24.3 Å². The van der Waals surface area contributed by atoms with Crippen molar-refractivity contribution >= 4 is 17.0 Å². The zero-order chi connectivity index (χ0) is 12.6. The number of hydrogen-bond acceptors (Lipinski definition) is 2. The van der Waals surface area contributed by atoms with Crippen LogP contribution in [-0.4, -0.2) is 14.7 Å². The van der Waals surface area contributed by atoms with Gasteiger partial charge in [0.25, 0.3) is 0 Å². The summed E-state index contributed by atoms with van der Waals surface area (Å²) in [7, 11) is 0. The molecule has 17 heavy (non-hydrogen) atoms. The predicted octanol–water partition coefficient (Wildman–Crippen LogP) is 1.24. The van der Waals surface area contributed by atoms with Gasteiger partial charge in [0.2, 0.25) is 5.91 Å². The van der Waals surface area contributed by atoms with Gasteiger partial charge in [0.1, 0.15) is 0 Å². The van der Waals surface area contributed by atoms with E-state index < -0.39 is 22.2 Å². The lowest BCUT2D eigenvalue weighted by molar-refractivity contribution is -0.123. The number of carbonyl (C=O) groups excluding carboxylic acids is 1. The smallest absolute Gasteiger partial charge is 0.221 e. The second kappa shape index (κ2) is 4.58. The van der Waals surface area contributed by atoms with Crippen LogP contribution in [0.3, 0.4) is 0 Å². The third kappa shape index (κ3) is 2.12. The van der Waals surface area contributed by atoms with Gasteiger partial charge in [0.05, 0.1) is 5.25 Å². The summed E-state index contributed by atoms with van der Waals surface area (Å²) in [5, 5.41) is -0.530. The van der Waals surface area contributed by atoms with Gasteiger partial charge in [-0.2, -0.15) is 0 Å². The molecule has 4 nitrogen and oxygen atoms in total. The first-order chi connectivity index (χ1) is 8.02. The van der Waals surface area contributed by atoms with E-state index >= 15 is 0 Å². The van der Waals surface area contributed by atoms with Gasteiger partial charge in [0.15, 0.2) is 11.1 Å². The lowest BCUT2D eigenvalue weighted by atomic mass is 9.76. The Hall–Kier alpha value is -1.20. The van der Waals surface area contributed by atoms with Crippen LogP contribution in [-0.2, 0) is 22.3 Å². The molecule has 1 aliphatic carbocycles. The van der Waals surface area contributed by atoms with Crippen molar-refractivity contribution in [3.05, 3.63) is 35.4 Å². The first-order valence-corrected chi connectivity index (χ1v) is 6.66. The number of nitrogens with two attached hydrogens (primary N) is 1. The molecule has 1 aliphatic rings. The molecule has 0 aromatic heterocycles. The number of fused-ring (bicyclic) bond motifs is 1. The largest absolute Gasteiger partial charge is 0.369 e. The maximum absolute atomic E-state index is 11.5. The first-order valence-electron chi connectivity index (χ1n) is 5.49. The Morgan fingerprint density at radius 3 is 2.71 bits per heavy atom. The van der Waals surface area contributed by atoms with Crippen LogP contribution in [0.1, 0.15) is 23.3 Å². The first kappa shape index (κ1) is 12.3. The number of benzene rings is 1. The van der Waals surface area contributed by atoms with Crippen molar-refractivity contribution in [1.29, 1.82) is 0 Å². The molecule has 0 radical (unpaired) electrons. The summed E-state index contributed by atoms with van der Waals surface area (Å²) in [6.07, 6.45) is 0.556. The van der Waals surface area contributed by atoms with Crippen molar-refractivity contribution in [3.8, 4) is 0 Å². The van der Waals surface area contributed by atoms with E-state index in [1.165, 1.54) is 0 Å². The fourth-order valence-corrected chi connectivity index (χ4v) is 3.57. The minimum Gasteiger partial charge on any atom is -0.369 e. The third-order valence-electron chi connectivity index (χ3n) is 3.50. The van der Waals surface area contributed by atoms with Crippen LogP contribution >= 0.6 is 0 Å². The van der Waals surface area contributed by atoms with E-state index in [0.29, 0.717) is 6.42 Å². The second-order valence-electron chi connectivity index (χ2n) is 4.47. The van der Waals surface area contributed by atoms with E-state index in [9.17, 15) is 13.6 Å². The fourth-order valence-electron chi connectivity index (χ4n) is 2.57. The summed E-state index contributed by atoms with van der Waals surface area (Å²) < 4.78 is 20.9. The van der Waals surface area contributed by atoms with Crippen LogP contribution in [0.5, 0.6) is 0 Å². The van der Waals surface area contributed by atoms with E-state index in [-0.39, 0.29) is 11.8 Å². The summed E-state index contributed by atoms with van der Waals surface area (Å²) in [5.41, 5.74) is 7.16. The summed E-state index contributed by atoms with van der Waals surface area (Å²) in [4.78, 5) is 11.4. The van der Waals surface area contributed by atoms with Gasteiger partial charge in [0, 0.05) is 5.92 Å². The molecular formula is C12H15NO3S. The normalized spacial score (nSPS) is 29.4. The van der Waals surface area contributed by atoms with Gasteiger partial charge in [-0.1, -0.05) is 31.2 Å². The maximum Gasteiger partial charge on any atom is 0.221 e. The average Bonchev–Trinajstić information content (AvgIpc) is 2.27. The molecule has 1 aromatic carbocycles. The average molecular weight is 253 g/mol. The van der Waals surface area contributed by atoms with Crippen LogP contribution < -0.4 is 5.73 Å². The lowest BCUT2D eigenvalue weighted by Gasteiger charge is -2.34. The Morgan fingerprint density at radius 2 is 2.12 bits per heavy atom. The highest BCUT2D eigenvalue weighted by atomic mass is 32.2. The molecule has 2 rings (SSSR count). The van der Waals surface area contributed by atoms with Crippen LogP contribution in [0.4, 0.5) is 0 Å². The van der Waals surface area contributed by atoms with E-state index in [4.69, 9.17) is 5.73 Å². The monoisotopic (exact) mass is 253 g/mol. The van der Waals surface area contributed by atoms with Gasteiger partial charge < -0.3 is 10.3 Å². The lowest BCUT2D eigenvalue weighted by Crippen LogP contribution is -2.38. The second-order valence-corrected chi connectivity index (χ2v) is 5.53. The van der Waals surface area contributed by atoms with Gasteiger partial charge in [-0.25, -0.2) is 4.21 Å². The van der Waals surface area contributed by atoms with Crippen molar-refractivity contribution in [1.82, 2.24) is 0 Å². The van der Waals surface area contributed by atoms with Crippen LogP contribution in [0.25, 0.3) is 0 Å². The molecule has 0 fully saturated rings. The van der Waals surface area contributed by atoms with Gasteiger partial charge in [-0.15, -0.1) is 0 Å². The Bertz CT molecular complexity index is 475. The number of amides is 1. The van der Waals surface area contributed by atoms with Gasteiger partial charge in [-0.3, -0.25) is 4.79 Å². The molecule has 1 amide bonds. The quantitative estimate of drug-likeness (QED) is 0.778. The minimum atomic E-state index is -1.99. The molecule has 0 spiro atoms. The highest BCUT2D eigenvalue weighted by molar-refractivity contribution is 7.79. The summed E-state index contributed by atoms with van der Waals surface area (Å²) in [5.74, 6) is -0.985. The SMILES string of the molecule is CC1C(C(N)=O)Cc2ccccc2C1S(=O)O. The van der Waals surface area contributed by atoms with Crippen molar-refractivity contribution in [3.63, 3.8) is 0 Å².